The van der Waals surface area contributed by atoms with Crippen molar-refractivity contribution < 1.29 is 23.1 Å². The van der Waals surface area contributed by atoms with Crippen molar-refractivity contribution in [3.8, 4) is 0 Å². The van der Waals surface area contributed by atoms with Crippen LogP contribution in [0.15, 0.2) is 0 Å². The number of amides is 1. The normalized spacial score (nSPS) is 19.4. The Labute approximate surface area is 126 Å². The number of nitrogens with zero attached hydrogens (tertiary/aromatic N) is 1. The molecule has 1 unspecified atom stereocenters. The van der Waals surface area contributed by atoms with Crippen LogP contribution in [-0.4, -0.2) is 68.9 Å². The molecule has 1 rings (SSSR count). The molecule has 0 spiro atoms. The molecule has 124 valence electrons. The second-order valence-corrected chi connectivity index (χ2v) is 7.52. The van der Waals surface area contributed by atoms with Crippen molar-refractivity contribution in [1.82, 2.24) is 9.62 Å². The number of hydrogen-bond acceptors (Lipinski definition) is 5. The second-order valence-electron chi connectivity index (χ2n) is 5.26. The fraction of sp³-hybridized carbons (Fsp3) is 0.923. The molecule has 1 amide bonds. The van der Waals surface area contributed by atoms with E-state index >= 15 is 0 Å². The topological polar surface area (TPSA) is 95.9 Å². The van der Waals surface area contributed by atoms with Crippen molar-refractivity contribution in [2.75, 3.05) is 39.1 Å². The number of nitrogens with one attached hydrogen (secondary N) is 1. The van der Waals surface area contributed by atoms with Gasteiger partial charge in [0.15, 0.2) is 0 Å². The fourth-order valence-electron chi connectivity index (χ4n) is 2.36. The molecule has 8 heteroatoms. The molecule has 1 saturated heterocycles. The van der Waals surface area contributed by atoms with Gasteiger partial charge in [0.05, 0.1) is 18.5 Å². The fourth-order valence-corrected chi connectivity index (χ4v) is 3.49. The van der Waals surface area contributed by atoms with E-state index in [2.05, 4.69) is 5.32 Å². The van der Waals surface area contributed by atoms with Crippen LogP contribution in [0, 0.1) is 5.92 Å². The van der Waals surface area contributed by atoms with Crippen LogP contribution in [0.4, 0.5) is 0 Å². The lowest BCUT2D eigenvalue weighted by Crippen LogP contribution is -2.43. The Kier molecular flexibility index (Phi) is 7.58. The molecule has 1 heterocycles. The lowest BCUT2D eigenvalue weighted by molar-refractivity contribution is -0.126. The Morgan fingerprint density at radius 3 is 2.57 bits per heavy atom. The summed E-state index contributed by atoms with van der Waals surface area (Å²) < 4.78 is 29.7. The summed E-state index contributed by atoms with van der Waals surface area (Å²) in [4.78, 5) is 12.0. The predicted molar refractivity (Wildman–Crippen MR) is 79.3 cm³/mol. The minimum Gasteiger partial charge on any atom is -0.391 e. The van der Waals surface area contributed by atoms with Gasteiger partial charge in [-0.15, -0.1) is 0 Å². The van der Waals surface area contributed by atoms with Crippen molar-refractivity contribution in [2.24, 2.45) is 5.92 Å². The van der Waals surface area contributed by atoms with Crippen molar-refractivity contribution >= 4 is 15.9 Å². The van der Waals surface area contributed by atoms with Crippen molar-refractivity contribution in [1.29, 1.82) is 0 Å². The highest BCUT2D eigenvalue weighted by molar-refractivity contribution is 7.89. The molecule has 1 aliphatic heterocycles. The Balaban J connectivity index is 2.29. The van der Waals surface area contributed by atoms with E-state index in [-0.39, 0.29) is 24.2 Å². The zero-order chi connectivity index (χ0) is 15.9. The SMILES string of the molecule is CCS(=O)(=O)N1CCC(C(=O)NCCC(O)COC)CC1. The molecule has 21 heavy (non-hydrogen) atoms. The van der Waals surface area contributed by atoms with E-state index in [4.69, 9.17) is 4.74 Å². The third-order valence-electron chi connectivity index (χ3n) is 3.72. The zero-order valence-corrected chi connectivity index (χ0v) is 13.6. The summed E-state index contributed by atoms with van der Waals surface area (Å²) >= 11 is 0. The van der Waals surface area contributed by atoms with Gasteiger partial charge in [0.25, 0.3) is 0 Å². The summed E-state index contributed by atoms with van der Waals surface area (Å²) in [6.07, 6.45) is 0.965. The van der Waals surface area contributed by atoms with Gasteiger partial charge < -0.3 is 15.2 Å². The summed E-state index contributed by atoms with van der Waals surface area (Å²) in [5.41, 5.74) is 0. The molecule has 0 aromatic rings. The number of carbonyl (C=O) groups is 1. The van der Waals surface area contributed by atoms with Gasteiger partial charge in [0.2, 0.25) is 15.9 Å². The Hall–Kier alpha value is -0.700. The first-order valence-electron chi connectivity index (χ1n) is 7.33. The van der Waals surface area contributed by atoms with Crippen LogP contribution in [0.5, 0.6) is 0 Å². The Morgan fingerprint density at radius 2 is 2.05 bits per heavy atom. The number of sulfonamides is 1. The smallest absolute Gasteiger partial charge is 0.223 e. The van der Waals surface area contributed by atoms with Gasteiger partial charge in [0, 0.05) is 32.7 Å². The van der Waals surface area contributed by atoms with Crippen LogP contribution < -0.4 is 5.32 Å². The Morgan fingerprint density at radius 1 is 1.43 bits per heavy atom. The first-order valence-corrected chi connectivity index (χ1v) is 8.94. The van der Waals surface area contributed by atoms with Crippen molar-refractivity contribution in [3.63, 3.8) is 0 Å². The van der Waals surface area contributed by atoms with Gasteiger partial charge >= 0.3 is 0 Å². The molecule has 0 radical (unpaired) electrons. The number of methoxy groups -OCH3 is 1. The van der Waals surface area contributed by atoms with Crippen LogP contribution in [0.2, 0.25) is 0 Å². The van der Waals surface area contributed by atoms with Crippen LogP contribution in [-0.2, 0) is 19.6 Å². The summed E-state index contributed by atoms with van der Waals surface area (Å²) in [6, 6.07) is 0. The highest BCUT2D eigenvalue weighted by atomic mass is 32.2. The molecule has 1 aliphatic rings. The van der Waals surface area contributed by atoms with E-state index in [0.29, 0.717) is 38.9 Å². The average molecular weight is 322 g/mol. The highest BCUT2D eigenvalue weighted by Gasteiger charge is 2.29. The average Bonchev–Trinajstić information content (AvgIpc) is 2.47. The second kappa shape index (κ2) is 8.67. The highest BCUT2D eigenvalue weighted by Crippen LogP contribution is 2.19. The standard InChI is InChI=1S/C13H26N2O5S/c1-3-21(18,19)15-8-5-11(6-9-15)13(17)14-7-4-12(16)10-20-2/h11-12,16H,3-10H2,1-2H3,(H,14,17). The molecule has 0 aromatic heterocycles. The monoisotopic (exact) mass is 322 g/mol. The number of carbonyl (C=O) groups excluding carboxylic acids is 1. The first-order chi connectivity index (χ1) is 9.90. The molecule has 0 aliphatic carbocycles. The summed E-state index contributed by atoms with van der Waals surface area (Å²) in [5.74, 6) is -0.109. The van der Waals surface area contributed by atoms with Crippen LogP contribution >= 0.6 is 0 Å². The maximum absolute atomic E-state index is 12.0. The van der Waals surface area contributed by atoms with E-state index in [1.807, 2.05) is 0 Å². The lowest BCUT2D eigenvalue weighted by Gasteiger charge is -2.30. The maximum Gasteiger partial charge on any atom is 0.223 e. The number of aliphatic hydroxyl groups excluding tert-OH is 1. The third kappa shape index (κ3) is 5.90. The number of aliphatic hydroxyl groups is 1. The molecule has 7 nitrogen and oxygen atoms in total. The molecular weight excluding hydrogens is 296 g/mol. The molecule has 0 saturated carbocycles. The summed E-state index contributed by atoms with van der Waals surface area (Å²) in [6.45, 7) is 3.08. The van der Waals surface area contributed by atoms with E-state index in [1.54, 1.807) is 6.92 Å². The van der Waals surface area contributed by atoms with E-state index in [0.717, 1.165) is 0 Å². The van der Waals surface area contributed by atoms with Crippen molar-refractivity contribution in [3.05, 3.63) is 0 Å². The molecule has 2 N–H and O–H groups in total. The van der Waals surface area contributed by atoms with Crippen molar-refractivity contribution in [2.45, 2.75) is 32.3 Å². The Bertz CT molecular complexity index is 418. The van der Waals surface area contributed by atoms with Gasteiger partial charge in [-0.1, -0.05) is 0 Å². The minimum absolute atomic E-state index is 0.0619. The molecule has 0 aromatic carbocycles. The first kappa shape index (κ1) is 18.3. The van der Waals surface area contributed by atoms with Crippen LogP contribution in [0.3, 0.4) is 0 Å². The molecular formula is C13H26N2O5S. The van der Waals surface area contributed by atoms with Gasteiger partial charge in [-0.05, 0) is 26.2 Å². The number of hydrogen-bond donors (Lipinski definition) is 2. The minimum atomic E-state index is -3.15. The summed E-state index contributed by atoms with van der Waals surface area (Å²) in [5, 5.41) is 12.3. The van der Waals surface area contributed by atoms with E-state index in [9.17, 15) is 18.3 Å². The quantitative estimate of drug-likeness (QED) is 0.632. The molecule has 0 bridgehead atoms. The largest absolute Gasteiger partial charge is 0.391 e. The molecule has 1 atom stereocenters. The predicted octanol–water partition coefficient (Wildman–Crippen LogP) is -0.438. The van der Waals surface area contributed by atoms with Gasteiger partial charge in [-0.25, -0.2) is 12.7 Å². The van der Waals surface area contributed by atoms with Crippen LogP contribution in [0.1, 0.15) is 26.2 Å². The van der Waals surface area contributed by atoms with E-state index in [1.165, 1.54) is 11.4 Å². The zero-order valence-electron chi connectivity index (χ0n) is 12.7. The number of ether oxygens (including phenoxy) is 1. The lowest BCUT2D eigenvalue weighted by atomic mass is 9.97. The summed E-state index contributed by atoms with van der Waals surface area (Å²) in [7, 11) is -1.64. The van der Waals surface area contributed by atoms with Gasteiger partial charge in [-0.2, -0.15) is 0 Å². The van der Waals surface area contributed by atoms with Crippen LogP contribution in [0.25, 0.3) is 0 Å². The van der Waals surface area contributed by atoms with Gasteiger partial charge in [0.1, 0.15) is 0 Å². The third-order valence-corrected chi connectivity index (χ3v) is 5.60. The number of rotatable bonds is 8. The maximum atomic E-state index is 12.0. The molecule has 1 fully saturated rings. The van der Waals surface area contributed by atoms with Gasteiger partial charge in [-0.3, -0.25) is 4.79 Å². The van der Waals surface area contributed by atoms with E-state index < -0.39 is 16.1 Å². The number of piperidine rings is 1.